The van der Waals surface area contributed by atoms with Crippen LogP contribution in [0.5, 0.6) is 5.75 Å². The zero-order valence-electron chi connectivity index (χ0n) is 14.5. The Labute approximate surface area is 168 Å². The highest BCUT2D eigenvalue weighted by Crippen LogP contribution is 2.26. The van der Waals surface area contributed by atoms with E-state index < -0.39 is 0 Å². The van der Waals surface area contributed by atoms with Crippen LogP contribution in [0.2, 0.25) is 5.02 Å². The molecule has 6 heteroatoms. The summed E-state index contributed by atoms with van der Waals surface area (Å²) >= 11 is 6.31. The molecule has 0 atom stereocenters. The molecule has 2 rings (SSSR count). The molecule has 3 nitrogen and oxygen atoms in total. The summed E-state index contributed by atoms with van der Waals surface area (Å²) in [7, 11) is 0. The van der Waals surface area contributed by atoms with Gasteiger partial charge in [0.1, 0.15) is 12.4 Å². The fraction of sp³-hybridized carbons (Fsp3) is 0.368. The van der Waals surface area contributed by atoms with Crippen molar-refractivity contribution in [3.8, 4) is 5.75 Å². The minimum absolute atomic E-state index is 0. The average Bonchev–Trinajstić information content (AvgIpc) is 2.58. The zero-order valence-corrected chi connectivity index (χ0v) is 16.9. The summed E-state index contributed by atoms with van der Waals surface area (Å²) in [5, 5.41) is 7.40. The fourth-order valence-corrected chi connectivity index (χ4v) is 2.51. The molecule has 25 heavy (non-hydrogen) atoms. The number of benzene rings is 2. The largest absolute Gasteiger partial charge is 0.487 e. The van der Waals surface area contributed by atoms with Crippen LogP contribution in [0.1, 0.15) is 24.5 Å². The van der Waals surface area contributed by atoms with Crippen LogP contribution in [0.15, 0.2) is 48.5 Å². The van der Waals surface area contributed by atoms with E-state index in [9.17, 15) is 0 Å². The van der Waals surface area contributed by atoms with Crippen LogP contribution >= 0.6 is 36.4 Å². The third-order valence-electron chi connectivity index (χ3n) is 3.52. The normalized spacial score (nSPS) is 9.84. The maximum Gasteiger partial charge on any atom is 0.138 e. The first kappa shape index (κ1) is 24.0. The average molecular weight is 406 g/mol. The van der Waals surface area contributed by atoms with E-state index in [0.29, 0.717) is 11.6 Å². The summed E-state index contributed by atoms with van der Waals surface area (Å²) < 4.78 is 5.79. The predicted molar refractivity (Wildman–Crippen MR) is 112 cm³/mol. The molecule has 0 fully saturated rings. The van der Waals surface area contributed by atoms with E-state index in [-0.39, 0.29) is 24.8 Å². The first-order valence-electron chi connectivity index (χ1n) is 8.16. The molecule has 2 aromatic rings. The van der Waals surface area contributed by atoms with Gasteiger partial charge in [0.25, 0.3) is 0 Å². The Kier molecular flexibility index (Phi) is 13.7. The zero-order chi connectivity index (χ0) is 16.3. The van der Waals surface area contributed by atoms with Crippen molar-refractivity contribution < 1.29 is 4.74 Å². The number of hydrogen-bond donors (Lipinski definition) is 2. The van der Waals surface area contributed by atoms with Gasteiger partial charge in [0.15, 0.2) is 0 Å². The smallest absolute Gasteiger partial charge is 0.138 e. The topological polar surface area (TPSA) is 33.3 Å². The fourth-order valence-electron chi connectivity index (χ4n) is 2.25. The standard InChI is InChI=1S/C19H25ClN2O.2ClH/c1-2-21-11-6-12-22-14-17-9-10-19(18(20)13-17)23-15-16-7-4-3-5-8-16;;/h3-5,7-10,13,21-22H,2,6,11-12,14-15H2,1H3;2*1H. The van der Waals surface area contributed by atoms with Gasteiger partial charge < -0.3 is 15.4 Å². The van der Waals surface area contributed by atoms with Crippen LogP contribution < -0.4 is 15.4 Å². The van der Waals surface area contributed by atoms with Gasteiger partial charge in [0, 0.05) is 6.54 Å². The second kappa shape index (κ2) is 14.2. The van der Waals surface area contributed by atoms with Crippen molar-refractivity contribution in [3.63, 3.8) is 0 Å². The van der Waals surface area contributed by atoms with Crippen LogP contribution in [0.25, 0.3) is 0 Å². The van der Waals surface area contributed by atoms with Gasteiger partial charge in [-0.05, 0) is 49.3 Å². The van der Waals surface area contributed by atoms with E-state index in [2.05, 4.69) is 23.6 Å². The van der Waals surface area contributed by atoms with Crippen LogP contribution in [-0.4, -0.2) is 19.6 Å². The number of nitrogens with one attached hydrogen (secondary N) is 2. The van der Waals surface area contributed by atoms with E-state index in [0.717, 1.165) is 43.9 Å². The minimum Gasteiger partial charge on any atom is -0.487 e. The molecule has 0 saturated heterocycles. The molecule has 0 radical (unpaired) electrons. The lowest BCUT2D eigenvalue weighted by Crippen LogP contribution is -2.21. The lowest BCUT2D eigenvalue weighted by atomic mass is 10.2. The summed E-state index contributed by atoms with van der Waals surface area (Å²) in [5.41, 5.74) is 2.31. The van der Waals surface area contributed by atoms with Crippen molar-refractivity contribution in [1.29, 1.82) is 0 Å². The molecule has 0 spiro atoms. The Hall–Kier alpha value is -0.970. The van der Waals surface area contributed by atoms with Crippen LogP contribution in [0.3, 0.4) is 0 Å². The SMILES string of the molecule is CCNCCCNCc1ccc(OCc2ccccc2)c(Cl)c1.Cl.Cl. The van der Waals surface area contributed by atoms with E-state index in [1.165, 1.54) is 5.56 Å². The molecule has 0 unspecified atom stereocenters. The van der Waals surface area contributed by atoms with Crippen molar-refractivity contribution in [1.82, 2.24) is 10.6 Å². The van der Waals surface area contributed by atoms with Crippen LogP contribution in [0.4, 0.5) is 0 Å². The summed E-state index contributed by atoms with van der Waals surface area (Å²) in [6, 6.07) is 16.1. The Morgan fingerprint density at radius 3 is 2.32 bits per heavy atom. The third-order valence-corrected chi connectivity index (χ3v) is 3.82. The van der Waals surface area contributed by atoms with Gasteiger partial charge in [0.05, 0.1) is 5.02 Å². The summed E-state index contributed by atoms with van der Waals surface area (Å²) in [6.45, 7) is 6.55. The highest BCUT2D eigenvalue weighted by atomic mass is 35.5. The molecule has 2 N–H and O–H groups in total. The number of rotatable bonds is 10. The Balaban J connectivity index is 0.00000288. The molecule has 0 bridgehead atoms. The predicted octanol–water partition coefficient (Wildman–Crippen LogP) is 4.85. The summed E-state index contributed by atoms with van der Waals surface area (Å²) in [5.74, 6) is 0.728. The van der Waals surface area contributed by atoms with E-state index >= 15 is 0 Å². The lowest BCUT2D eigenvalue weighted by Gasteiger charge is -2.10. The molecular formula is C19H27Cl3N2O. The molecule has 0 heterocycles. The van der Waals surface area contributed by atoms with Gasteiger partial charge in [0.2, 0.25) is 0 Å². The highest BCUT2D eigenvalue weighted by molar-refractivity contribution is 6.32. The van der Waals surface area contributed by atoms with E-state index in [1.54, 1.807) is 0 Å². The van der Waals surface area contributed by atoms with Gasteiger partial charge in [-0.25, -0.2) is 0 Å². The maximum atomic E-state index is 6.31. The van der Waals surface area contributed by atoms with Gasteiger partial charge >= 0.3 is 0 Å². The Bertz CT molecular complexity index is 582. The number of hydrogen-bond acceptors (Lipinski definition) is 3. The lowest BCUT2D eigenvalue weighted by molar-refractivity contribution is 0.306. The summed E-state index contributed by atoms with van der Waals surface area (Å²) in [6.07, 6.45) is 1.12. The molecule has 0 aliphatic carbocycles. The molecule has 140 valence electrons. The summed E-state index contributed by atoms with van der Waals surface area (Å²) in [4.78, 5) is 0. The van der Waals surface area contributed by atoms with Crippen molar-refractivity contribution in [2.45, 2.75) is 26.5 Å². The molecule has 0 aliphatic rings. The first-order chi connectivity index (χ1) is 11.3. The minimum atomic E-state index is 0. The van der Waals surface area contributed by atoms with Crippen LogP contribution in [0, 0.1) is 0 Å². The molecule has 0 aliphatic heterocycles. The third kappa shape index (κ3) is 9.34. The molecular weight excluding hydrogens is 379 g/mol. The van der Waals surface area contributed by atoms with Gasteiger partial charge in [-0.2, -0.15) is 0 Å². The first-order valence-corrected chi connectivity index (χ1v) is 8.54. The Morgan fingerprint density at radius 1 is 0.920 bits per heavy atom. The molecule has 2 aromatic carbocycles. The molecule has 0 amide bonds. The highest BCUT2D eigenvalue weighted by Gasteiger charge is 2.04. The molecule has 0 aromatic heterocycles. The second-order valence-corrected chi connectivity index (χ2v) is 5.83. The number of ether oxygens (including phenoxy) is 1. The van der Waals surface area contributed by atoms with Crippen molar-refractivity contribution in [3.05, 3.63) is 64.7 Å². The quantitative estimate of drug-likeness (QED) is 0.554. The van der Waals surface area contributed by atoms with Crippen molar-refractivity contribution >= 4 is 36.4 Å². The van der Waals surface area contributed by atoms with Gasteiger partial charge in [-0.1, -0.05) is 54.9 Å². The van der Waals surface area contributed by atoms with Gasteiger partial charge in [-0.3, -0.25) is 0 Å². The Morgan fingerprint density at radius 2 is 1.64 bits per heavy atom. The van der Waals surface area contributed by atoms with Crippen molar-refractivity contribution in [2.24, 2.45) is 0 Å². The van der Waals surface area contributed by atoms with Crippen LogP contribution in [-0.2, 0) is 13.2 Å². The number of halogens is 3. The van der Waals surface area contributed by atoms with Gasteiger partial charge in [-0.15, -0.1) is 24.8 Å². The second-order valence-electron chi connectivity index (χ2n) is 5.42. The van der Waals surface area contributed by atoms with E-state index in [4.69, 9.17) is 16.3 Å². The molecule has 0 saturated carbocycles. The van der Waals surface area contributed by atoms with Crippen molar-refractivity contribution in [2.75, 3.05) is 19.6 Å². The monoisotopic (exact) mass is 404 g/mol. The maximum absolute atomic E-state index is 6.31. The van der Waals surface area contributed by atoms with E-state index in [1.807, 2.05) is 42.5 Å².